The normalized spacial score (nSPS) is 14.0. The van der Waals surface area contributed by atoms with Gasteiger partial charge in [0.15, 0.2) is 0 Å². The van der Waals surface area contributed by atoms with E-state index in [1.165, 1.54) is 0 Å². The summed E-state index contributed by atoms with van der Waals surface area (Å²) in [5, 5.41) is 8.70. The highest BCUT2D eigenvalue weighted by molar-refractivity contribution is 7.89. The van der Waals surface area contributed by atoms with E-state index in [4.69, 9.17) is 5.11 Å². The van der Waals surface area contributed by atoms with Gasteiger partial charge in [0.05, 0.1) is 5.75 Å². The van der Waals surface area contributed by atoms with Crippen LogP contribution in [0, 0.1) is 0 Å². The van der Waals surface area contributed by atoms with Crippen LogP contribution in [0.3, 0.4) is 0 Å². The van der Waals surface area contributed by atoms with Crippen molar-refractivity contribution in [3.63, 3.8) is 0 Å². The van der Waals surface area contributed by atoms with Crippen LogP contribution in [0.15, 0.2) is 0 Å². The molecule has 4 nitrogen and oxygen atoms in total. The average molecular weight is 277 g/mol. The number of rotatable bonds is 7. The van der Waals surface area contributed by atoms with Gasteiger partial charge in [-0.2, -0.15) is 13.2 Å². The highest BCUT2D eigenvalue weighted by Crippen LogP contribution is 2.21. The van der Waals surface area contributed by atoms with Gasteiger partial charge < -0.3 is 5.11 Å². The van der Waals surface area contributed by atoms with Crippen molar-refractivity contribution in [2.24, 2.45) is 0 Å². The van der Waals surface area contributed by atoms with Gasteiger partial charge in [-0.15, -0.1) is 0 Å². The Morgan fingerprint density at radius 1 is 1.18 bits per heavy atom. The molecule has 0 fully saturated rings. The van der Waals surface area contributed by atoms with Crippen LogP contribution in [0.25, 0.3) is 0 Å². The summed E-state index contributed by atoms with van der Waals surface area (Å²) < 4.78 is 60.7. The fourth-order valence-corrected chi connectivity index (χ4v) is 2.84. The minimum absolute atomic E-state index is 0.196. The van der Waals surface area contributed by atoms with Gasteiger partial charge in [0.2, 0.25) is 10.0 Å². The molecule has 0 aliphatic rings. The van der Waals surface area contributed by atoms with Crippen LogP contribution in [0.2, 0.25) is 0 Å². The molecule has 0 spiro atoms. The van der Waals surface area contributed by atoms with Crippen LogP contribution in [0.1, 0.15) is 33.1 Å². The van der Waals surface area contributed by atoms with Crippen LogP contribution >= 0.6 is 0 Å². The van der Waals surface area contributed by atoms with E-state index < -0.39 is 40.3 Å². The van der Waals surface area contributed by atoms with Crippen molar-refractivity contribution in [3.8, 4) is 0 Å². The summed E-state index contributed by atoms with van der Waals surface area (Å²) in [6.45, 7) is 2.92. The number of aliphatic hydroxyl groups is 1. The van der Waals surface area contributed by atoms with Crippen molar-refractivity contribution in [2.75, 3.05) is 12.4 Å². The first-order valence-electron chi connectivity index (χ1n) is 5.17. The number of sulfonamides is 1. The molecule has 0 amide bonds. The maximum atomic E-state index is 11.8. The van der Waals surface area contributed by atoms with E-state index in [0.29, 0.717) is 0 Å². The van der Waals surface area contributed by atoms with Gasteiger partial charge in [-0.1, -0.05) is 0 Å². The molecule has 0 aromatic heterocycles. The number of hydrogen-bond donors (Lipinski definition) is 2. The van der Waals surface area contributed by atoms with Crippen LogP contribution in [-0.2, 0) is 10.0 Å². The Hall–Kier alpha value is -0.340. The maximum Gasteiger partial charge on any atom is 0.389 e. The molecule has 0 aliphatic carbocycles. The molecule has 0 unspecified atom stereocenters. The molecule has 0 atom stereocenters. The maximum absolute atomic E-state index is 11.8. The average Bonchev–Trinajstić information content (AvgIpc) is 1.96. The fourth-order valence-electron chi connectivity index (χ4n) is 1.27. The van der Waals surface area contributed by atoms with Crippen LogP contribution in [0.5, 0.6) is 0 Å². The summed E-state index contributed by atoms with van der Waals surface area (Å²) in [6.07, 6.45) is -5.72. The van der Waals surface area contributed by atoms with Gasteiger partial charge in [-0.05, 0) is 26.7 Å². The third kappa shape index (κ3) is 9.37. The van der Waals surface area contributed by atoms with E-state index in [1.54, 1.807) is 13.8 Å². The minimum atomic E-state index is -4.34. The zero-order valence-electron chi connectivity index (χ0n) is 9.84. The third-order valence-electron chi connectivity index (χ3n) is 2.04. The molecule has 0 saturated heterocycles. The zero-order valence-corrected chi connectivity index (χ0v) is 10.7. The molecule has 0 aromatic carbocycles. The molecule has 0 radical (unpaired) electrons. The first-order valence-corrected chi connectivity index (χ1v) is 6.82. The van der Waals surface area contributed by atoms with Crippen LogP contribution in [0.4, 0.5) is 13.2 Å². The second-order valence-corrected chi connectivity index (χ2v) is 6.34. The van der Waals surface area contributed by atoms with Gasteiger partial charge in [0.1, 0.15) is 0 Å². The predicted octanol–water partition coefficient (Wildman–Crippen LogP) is 1.41. The van der Waals surface area contributed by atoms with Gasteiger partial charge in [0.25, 0.3) is 0 Å². The quantitative estimate of drug-likeness (QED) is 0.739. The molecule has 8 heteroatoms. The number of nitrogens with one attached hydrogen (secondary N) is 1. The van der Waals surface area contributed by atoms with Crippen LogP contribution < -0.4 is 4.72 Å². The SMILES string of the molecule is CC(C)(CCO)NS(=O)(=O)CCCC(F)(F)F. The van der Waals surface area contributed by atoms with Crippen molar-refractivity contribution < 1.29 is 26.7 Å². The molecule has 0 aliphatic heterocycles. The molecule has 0 heterocycles. The molecule has 17 heavy (non-hydrogen) atoms. The fraction of sp³-hybridized carbons (Fsp3) is 1.00. The first-order chi connectivity index (χ1) is 7.47. The Labute approximate surface area is 99.3 Å². The molecule has 0 rings (SSSR count). The van der Waals surface area contributed by atoms with Crippen LogP contribution in [-0.4, -0.2) is 37.6 Å². The monoisotopic (exact) mass is 277 g/mol. The highest BCUT2D eigenvalue weighted by Gasteiger charge is 2.29. The molecular weight excluding hydrogens is 259 g/mol. The zero-order chi connectivity index (χ0) is 13.7. The van der Waals surface area contributed by atoms with E-state index in [-0.39, 0.29) is 13.0 Å². The Morgan fingerprint density at radius 2 is 1.71 bits per heavy atom. The smallest absolute Gasteiger partial charge is 0.389 e. The number of alkyl halides is 3. The Morgan fingerprint density at radius 3 is 2.12 bits per heavy atom. The summed E-state index contributed by atoms with van der Waals surface area (Å²) in [4.78, 5) is 0. The topological polar surface area (TPSA) is 66.4 Å². The van der Waals surface area contributed by atoms with Crippen molar-refractivity contribution in [3.05, 3.63) is 0 Å². The lowest BCUT2D eigenvalue weighted by atomic mass is 10.0. The number of halogens is 3. The molecular formula is C9H18F3NO3S. The van der Waals surface area contributed by atoms with Crippen molar-refractivity contribution in [1.29, 1.82) is 0 Å². The van der Waals surface area contributed by atoms with Gasteiger partial charge in [0, 0.05) is 18.6 Å². The van der Waals surface area contributed by atoms with Crippen molar-refractivity contribution >= 4 is 10.0 Å². The number of aliphatic hydroxyl groups excluding tert-OH is 1. The Kier molecular flexibility index (Phi) is 5.89. The van der Waals surface area contributed by atoms with Gasteiger partial charge in [-0.3, -0.25) is 0 Å². The van der Waals surface area contributed by atoms with E-state index in [0.717, 1.165) is 0 Å². The molecule has 104 valence electrons. The van der Waals surface area contributed by atoms with Gasteiger partial charge in [-0.25, -0.2) is 13.1 Å². The largest absolute Gasteiger partial charge is 0.396 e. The molecule has 0 bridgehead atoms. The summed E-state index contributed by atoms with van der Waals surface area (Å²) in [6, 6.07) is 0. The predicted molar refractivity (Wildman–Crippen MR) is 58.0 cm³/mol. The van der Waals surface area contributed by atoms with Crippen molar-refractivity contribution in [2.45, 2.75) is 44.8 Å². The molecule has 2 N–H and O–H groups in total. The minimum Gasteiger partial charge on any atom is -0.396 e. The lowest BCUT2D eigenvalue weighted by Crippen LogP contribution is -2.45. The van der Waals surface area contributed by atoms with E-state index >= 15 is 0 Å². The summed E-state index contributed by atoms with van der Waals surface area (Å²) in [5.41, 5.74) is -0.855. The molecule has 0 aromatic rings. The second kappa shape index (κ2) is 6.01. The van der Waals surface area contributed by atoms with Gasteiger partial charge >= 0.3 is 6.18 Å². The Balaban J connectivity index is 4.22. The van der Waals surface area contributed by atoms with E-state index in [1.807, 2.05) is 0 Å². The Bertz CT molecular complexity index is 325. The lowest BCUT2D eigenvalue weighted by Gasteiger charge is -2.25. The van der Waals surface area contributed by atoms with Crippen molar-refractivity contribution in [1.82, 2.24) is 4.72 Å². The second-order valence-electron chi connectivity index (χ2n) is 4.50. The molecule has 0 saturated carbocycles. The van der Waals surface area contributed by atoms with E-state index in [2.05, 4.69) is 4.72 Å². The van der Waals surface area contributed by atoms with E-state index in [9.17, 15) is 21.6 Å². The summed E-state index contributed by atoms with van der Waals surface area (Å²) >= 11 is 0. The standard InChI is InChI=1S/C9H18F3NO3S/c1-8(2,5-6-14)13-17(15,16)7-3-4-9(10,11)12/h13-14H,3-7H2,1-2H3. The lowest BCUT2D eigenvalue weighted by molar-refractivity contribution is -0.134. The number of hydrogen-bond acceptors (Lipinski definition) is 3. The highest BCUT2D eigenvalue weighted by atomic mass is 32.2. The third-order valence-corrected chi connectivity index (χ3v) is 3.73. The summed E-state index contributed by atoms with van der Waals surface area (Å²) in [7, 11) is -3.75. The summed E-state index contributed by atoms with van der Waals surface area (Å²) in [5.74, 6) is -0.568. The first kappa shape index (κ1) is 16.7.